The van der Waals surface area contributed by atoms with Gasteiger partial charge in [0.25, 0.3) is 0 Å². The molecule has 0 spiro atoms. The average molecular weight is 342 g/mol. The number of ether oxygens (including phenoxy) is 2. The van der Waals surface area contributed by atoms with Gasteiger partial charge in [-0.2, -0.15) is 0 Å². The van der Waals surface area contributed by atoms with Crippen LogP contribution in [-0.2, 0) is 6.42 Å². The van der Waals surface area contributed by atoms with E-state index in [1.165, 1.54) is 20.3 Å². The Morgan fingerprint density at radius 1 is 1.21 bits per heavy atom. The normalized spacial score (nSPS) is 13.2. The van der Waals surface area contributed by atoms with E-state index in [0.717, 1.165) is 5.56 Å². The summed E-state index contributed by atoms with van der Waals surface area (Å²) in [6, 6.07) is 2.85. The van der Waals surface area contributed by atoms with Gasteiger partial charge in [0.2, 0.25) is 0 Å². The van der Waals surface area contributed by atoms with Crippen molar-refractivity contribution in [3.05, 3.63) is 17.7 Å². The molecule has 108 valence electrons. The van der Waals surface area contributed by atoms with Gasteiger partial charge in [0, 0.05) is 0 Å². The average Bonchev–Trinajstić information content (AvgIpc) is 2.27. The molecule has 0 amide bonds. The first-order chi connectivity index (χ1) is 8.76. The number of benzene rings is 1. The van der Waals surface area contributed by atoms with Crippen LogP contribution in [0.5, 0.6) is 11.5 Å². The number of halogens is 3. The summed E-state index contributed by atoms with van der Waals surface area (Å²) in [5.41, 5.74) is 6.45. The van der Waals surface area contributed by atoms with Gasteiger partial charge in [-0.05, 0) is 0 Å². The van der Waals surface area contributed by atoms with Crippen molar-refractivity contribution >= 4 is 19.4 Å². The fourth-order valence-electron chi connectivity index (χ4n) is 1.64. The number of alkyl halides is 3. The molecule has 0 saturated carbocycles. The fourth-order valence-corrected chi connectivity index (χ4v) is 3.02. The third-order valence-electron chi connectivity index (χ3n) is 2.33. The van der Waals surface area contributed by atoms with Gasteiger partial charge in [-0.15, -0.1) is 0 Å². The zero-order chi connectivity index (χ0) is 14.6. The number of rotatable bonds is 5. The molecule has 19 heavy (non-hydrogen) atoms. The van der Waals surface area contributed by atoms with Gasteiger partial charge in [0.15, 0.2) is 0 Å². The molecule has 0 fully saturated rings. The second kappa shape index (κ2) is 6.50. The van der Waals surface area contributed by atoms with E-state index in [1.54, 1.807) is 6.07 Å². The van der Waals surface area contributed by atoms with Crippen LogP contribution in [0.1, 0.15) is 12.5 Å². The molecule has 0 saturated heterocycles. The van der Waals surface area contributed by atoms with Gasteiger partial charge in [-0.25, -0.2) is 0 Å². The predicted octanol–water partition coefficient (Wildman–Crippen LogP) is 1.44. The van der Waals surface area contributed by atoms with Gasteiger partial charge in [-0.3, -0.25) is 0 Å². The maximum absolute atomic E-state index is 12.5. The third kappa shape index (κ3) is 4.93. The summed E-state index contributed by atoms with van der Waals surface area (Å²) in [4.78, 5) is 0. The van der Waals surface area contributed by atoms with Crippen molar-refractivity contribution in [1.29, 1.82) is 0 Å². The summed E-state index contributed by atoms with van der Waals surface area (Å²) in [5, 5.41) is -4.23. The van der Waals surface area contributed by atoms with Crippen LogP contribution in [0.3, 0.4) is 0 Å². The van der Waals surface area contributed by atoms with Crippen molar-refractivity contribution in [2.45, 2.75) is 24.5 Å². The van der Waals surface area contributed by atoms with E-state index in [2.05, 4.69) is 0 Å². The summed E-state index contributed by atoms with van der Waals surface area (Å²) in [7, 11) is 2.78. The van der Waals surface area contributed by atoms with Gasteiger partial charge in [-0.1, -0.05) is 0 Å². The standard InChI is InChI=1S/C12H16F3NO2Se/c1-7(16)4-8-5-10(18-3)11(6-9(8)17-2)19-12(13,14)15/h5-7H,4,16H2,1-3H3. The molecule has 0 radical (unpaired) electrons. The Kier molecular flexibility index (Phi) is 5.52. The van der Waals surface area contributed by atoms with E-state index in [9.17, 15) is 13.2 Å². The second-order valence-electron chi connectivity index (χ2n) is 4.04. The first-order valence-corrected chi connectivity index (χ1v) is 7.24. The molecule has 2 N–H and O–H groups in total. The van der Waals surface area contributed by atoms with Crippen molar-refractivity contribution in [2.75, 3.05) is 14.2 Å². The Balaban J connectivity index is 3.19. The monoisotopic (exact) mass is 343 g/mol. The number of nitrogens with two attached hydrogens (primary N) is 1. The number of hydrogen-bond acceptors (Lipinski definition) is 3. The van der Waals surface area contributed by atoms with Crippen LogP contribution < -0.4 is 19.7 Å². The van der Waals surface area contributed by atoms with E-state index in [1.807, 2.05) is 6.92 Å². The number of methoxy groups -OCH3 is 2. The summed E-state index contributed by atoms with van der Waals surface area (Å²) in [5.74, 6) is 0.646. The third-order valence-corrected chi connectivity index (χ3v) is 3.95. The molecule has 0 aromatic heterocycles. The van der Waals surface area contributed by atoms with E-state index < -0.39 is 20.0 Å². The summed E-state index contributed by atoms with van der Waals surface area (Å²) in [6.07, 6.45) is 0.513. The van der Waals surface area contributed by atoms with Crippen molar-refractivity contribution in [2.24, 2.45) is 5.73 Å². The van der Waals surface area contributed by atoms with Crippen LogP contribution in [0, 0.1) is 0 Å². The molecule has 3 nitrogen and oxygen atoms in total. The minimum absolute atomic E-state index is 0.113. The Hall–Kier alpha value is -0.911. The van der Waals surface area contributed by atoms with Crippen molar-refractivity contribution in [1.82, 2.24) is 0 Å². The van der Waals surface area contributed by atoms with Crippen molar-refractivity contribution < 1.29 is 22.6 Å². The molecule has 0 heterocycles. The molecule has 0 aliphatic rings. The molecule has 1 atom stereocenters. The summed E-state index contributed by atoms with van der Waals surface area (Å²) >= 11 is -1.67. The minimum atomic E-state index is -4.23. The van der Waals surface area contributed by atoms with Crippen LogP contribution in [0.15, 0.2) is 12.1 Å². The van der Waals surface area contributed by atoms with E-state index in [0.29, 0.717) is 12.2 Å². The van der Waals surface area contributed by atoms with Crippen LogP contribution >= 0.6 is 0 Å². The van der Waals surface area contributed by atoms with Gasteiger partial charge >= 0.3 is 116 Å². The predicted molar refractivity (Wildman–Crippen MR) is 68.3 cm³/mol. The van der Waals surface area contributed by atoms with E-state index in [4.69, 9.17) is 15.2 Å². The molecule has 1 unspecified atom stereocenters. The SMILES string of the molecule is COc1cc([Se]C(F)(F)F)c(OC)cc1CC(C)N. The molecule has 1 rings (SSSR count). The molecule has 0 bridgehead atoms. The van der Waals surface area contributed by atoms with Gasteiger partial charge in [0.1, 0.15) is 0 Å². The van der Waals surface area contributed by atoms with E-state index in [-0.39, 0.29) is 16.3 Å². The van der Waals surface area contributed by atoms with Crippen LogP contribution in [0.4, 0.5) is 13.2 Å². The summed E-state index contributed by atoms with van der Waals surface area (Å²) in [6.45, 7) is 1.82. The zero-order valence-electron chi connectivity index (χ0n) is 10.9. The topological polar surface area (TPSA) is 44.5 Å². The molecule has 1 aromatic carbocycles. The van der Waals surface area contributed by atoms with E-state index >= 15 is 0 Å². The molecular formula is C12H16F3NO2Se. The first kappa shape index (κ1) is 16.1. The van der Waals surface area contributed by atoms with Gasteiger partial charge < -0.3 is 0 Å². The van der Waals surface area contributed by atoms with Crippen LogP contribution in [-0.4, -0.2) is 40.3 Å². The summed E-state index contributed by atoms with van der Waals surface area (Å²) < 4.78 is 47.8. The fraction of sp³-hybridized carbons (Fsp3) is 0.500. The maximum atomic E-state index is 12.5. The molecule has 0 aliphatic heterocycles. The second-order valence-corrected chi connectivity index (χ2v) is 6.37. The van der Waals surface area contributed by atoms with Crippen LogP contribution in [0.25, 0.3) is 0 Å². The van der Waals surface area contributed by atoms with Gasteiger partial charge in [0.05, 0.1) is 0 Å². The zero-order valence-corrected chi connectivity index (χ0v) is 12.6. The quantitative estimate of drug-likeness (QED) is 0.824. The molecule has 7 heteroatoms. The Bertz CT molecular complexity index is 436. The van der Waals surface area contributed by atoms with Crippen molar-refractivity contribution in [3.63, 3.8) is 0 Å². The Morgan fingerprint density at radius 3 is 2.21 bits per heavy atom. The molecular weight excluding hydrogens is 326 g/mol. The molecule has 0 aliphatic carbocycles. The molecule has 1 aromatic rings. The Labute approximate surface area is 116 Å². The van der Waals surface area contributed by atoms with Crippen LogP contribution in [0.2, 0.25) is 0 Å². The Morgan fingerprint density at radius 2 is 1.79 bits per heavy atom. The first-order valence-electron chi connectivity index (χ1n) is 5.53. The van der Waals surface area contributed by atoms with Crippen molar-refractivity contribution in [3.8, 4) is 11.5 Å². The number of hydrogen-bond donors (Lipinski definition) is 1.